The minimum atomic E-state index is -4.05. The van der Waals surface area contributed by atoms with Crippen molar-refractivity contribution in [2.24, 2.45) is 0 Å². The second-order valence-electron chi connectivity index (χ2n) is 12.1. The summed E-state index contributed by atoms with van der Waals surface area (Å²) in [5.74, 6) is -1.42. The van der Waals surface area contributed by atoms with Crippen LogP contribution in [0.5, 0.6) is 5.75 Å². The summed E-state index contributed by atoms with van der Waals surface area (Å²) in [5.41, 5.74) is 4.87. The Labute approximate surface area is 292 Å². The molecule has 0 N–H and O–H groups in total. The van der Waals surface area contributed by atoms with Gasteiger partial charge in [0.25, 0.3) is 0 Å². The van der Waals surface area contributed by atoms with Crippen LogP contribution in [0, 0.1) is 26.6 Å². The number of anilines is 1. The average molecular weight is 695 g/mol. The molecule has 1 amide bonds. The zero-order valence-electron chi connectivity index (χ0n) is 28.4. The molecule has 10 heteroatoms. The lowest BCUT2D eigenvalue weighted by atomic mass is 10.1. The van der Waals surface area contributed by atoms with Crippen LogP contribution in [0.25, 0.3) is 0 Å². The van der Waals surface area contributed by atoms with E-state index in [9.17, 15) is 22.4 Å². The summed E-state index contributed by atoms with van der Waals surface area (Å²) < 4.78 is 54.2. The highest BCUT2D eigenvalue weighted by atomic mass is 32.2. The van der Waals surface area contributed by atoms with Crippen LogP contribution in [-0.2, 0) is 39.3 Å². The number of likely N-dealkylation sites (N-methyl/N-ethyl adjacent to an activating group) is 1. The molecule has 0 spiro atoms. The number of carbonyl (C=O) groups excluding carboxylic acids is 2. The Morgan fingerprint density at radius 1 is 0.720 bits per heavy atom. The quantitative estimate of drug-likeness (QED) is 0.118. The first kappa shape index (κ1) is 36.0. The van der Waals surface area contributed by atoms with Gasteiger partial charge in [0.05, 0.1) is 18.0 Å². The van der Waals surface area contributed by atoms with Crippen molar-refractivity contribution < 1.29 is 31.9 Å². The van der Waals surface area contributed by atoms with Gasteiger partial charge in [-0.3, -0.25) is 4.79 Å². The van der Waals surface area contributed by atoms with E-state index in [0.717, 1.165) is 21.0 Å². The smallest absolute Gasteiger partial charge is 0.342 e. The molecule has 0 bridgehead atoms. The molecule has 8 nitrogen and oxygen atoms in total. The molecule has 0 aliphatic carbocycles. The third-order valence-electron chi connectivity index (χ3n) is 8.13. The van der Waals surface area contributed by atoms with Gasteiger partial charge < -0.3 is 14.4 Å². The number of nitrogens with zero attached hydrogens (tertiary/aromatic N) is 2. The average Bonchev–Trinajstić information content (AvgIpc) is 3.09. The largest absolute Gasteiger partial charge is 0.488 e. The number of esters is 1. The Kier molecular flexibility index (Phi) is 11.5. The maximum Gasteiger partial charge on any atom is 0.342 e. The van der Waals surface area contributed by atoms with E-state index in [0.29, 0.717) is 22.4 Å². The van der Waals surface area contributed by atoms with Crippen LogP contribution in [0.3, 0.4) is 0 Å². The lowest BCUT2D eigenvalue weighted by molar-refractivity contribution is -0.118. The molecule has 0 fully saturated rings. The van der Waals surface area contributed by atoms with Crippen LogP contribution in [0.4, 0.5) is 10.1 Å². The van der Waals surface area contributed by atoms with Crippen LogP contribution in [0.15, 0.2) is 120 Å². The number of amides is 1. The van der Waals surface area contributed by atoms with Crippen molar-refractivity contribution >= 4 is 27.6 Å². The topological polar surface area (TPSA) is 93.2 Å². The highest BCUT2D eigenvalue weighted by Crippen LogP contribution is 2.30. The van der Waals surface area contributed by atoms with Gasteiger partial charge in [0.2, 0.25) is 15.9 Å². The van der Waals surface area contributed by atoms with Gasteiger partial charge in [-0.1, -0.05) is 90.5 Å². The summed E-state index contributed by atoms with van der Waals surface area (Å²) in [6, 6.07) is 32.6. The zero-order valence-corrected chi connectivity index (χ0v) is 29.2. The fraction of sp³-hybridized carbons (Fsp3) is 0.200. The molecule has 0 saturated heterocycles. The van der Waals surface area contributed by atoms with Gasteiger partial charge in [0.15, 0.2) is 0 Å². The van der Waals surface area contributed by atoms with Gasteiger partial charge in [0.1, 0.15) is 30.3 Å². The number of ether oxygens (including phenoxy) is 2. The van der Waals surface area contributed by atoms with Crippen LogP contribution in [-0.4, -0.2) is 38.2 Å². The number of hydrogen-bond donors (Lipinski definition) is 0. The molecule has 0 radical (unpaired) electrons. The molecule has 0 saturated carbocycles. The first-order valence-electron chi connectivity index (χ1n) is 16.0. The number of hydrogen-bond acceptors (Lipinski definition) is 6. The molecule has 5 aromatic carbocycles. The number of sulfonamides is 1. The van der Waals surface area contributed by atoms with Crippen LogP contribution < -0.4 is 9.64 Å². The van der Waals surface area contributed by atoms with Crippen molar-refractivity contribution in [1.82, 2.24) is 4.31 Å². The lowest BCUT2D eigenvalue weighted by Crippen LogP contribution is -2.41. The third-order valence-corrected chi connectivity index (χ3v) is 10.2. The molecule has 5 rings (SSSR count). The molecule has 0 aliphatic heterocycles. The van der Waals surface area contributed by atoms with Crippen LogP contribution >= 0.6 is 0 Å². The SMILES string of the molecule is Cc1cc(C)c(S(=O)(=O)N(C)CC(=O)N(Cc2ccc(F)cc2)c2ccc(C(=O)OCc3ccccc3)c(OCc3ccccc3)c2)c(C)c1. The van der Waals surface area contributed by atoms with E-state index in [-0.39, 0.29) is 36.0 Å². The Balaban J connectivity index is 1.49. The predicted octanol–water partition coefficient (Wildman–Crippen LogP) is 7.54. The van der Waals surface area contributed by atoms with Gasteiger partial charge >= 0.3 is 5.97 Å². The molecular formula is C40H39FN2O6S. The molecule has 0 aliphatic rings. The summed E-state index contributed by atoms with van der Waals surface area (Å²) in [6.45, 7) is 5.03. The van der Waals surface area contributed by atoms with E-state index < -0.39 is 34.3 Å². The summed E-state index contributed by atoms with van der Waals surface area (Å²) in [7, 11) is -2.69. The summed E-state index contributed by atoms with van der Waals surface area (Å²) >= 11 is 0. The monoisotopic (exact) mass is 694 g/mol. The molecular weight excluding hydrogens is 656 g/mol. The predicted molar refractivity (Wildman–Crippen MR) is 191 cm³/mol. The summed E-state index contributed by atoms with van der Waals surface area (Å²) in [4.78, 5) is 29.0. The van der Waals surface area contributed by atoms with Crippen molar-refractivity contribution in [2.45, 2.75) is 45.4 Å². The van der Waals surface area contributed by atoms with Crippen molar-refractivity contribution in [3.63, 3.8) is 0 Å². The van der Waals surface area contributed by atoms with E-state index in [1.807, 2.05) is 67.6 Å². The molecule has 0 atom stereocenters. The van der Waals surface area contributed by atoms with Crippen molar-refractivity contribution in [3.8, 4) is 5.75 Å². The standard InChI is InChI=1S/C40H39FN2O6S/c1-28-21-29(2)39(30(3)22-28)50(46,47)42(4)25-38(44)43(24-31-15-17-34(41)18-16-31)35-19-20-36(40(45)49-27-33-13-9-6-10-14-33)37(23-35)48-26-32-11-7-5-8-12-32/h5-23H,24-27H2,1-4H3. The van der Waals surface area contributed by atoms with E-state index in [1.54, 1.807) is 50.2 Å². The van der Waals surface area contributed by atoms with Crippen molar-refractivity contribution in [3.05, 3.63) is 160 Å². The Morgan fingerprint density at radius 3 is 1.90 bits per heavy atom. The van der Waals surface area contributed by atoms with Gasteiger partial charge in [-0.2, -0.15) is 4.31 Å². The number of halogens is 1. The first-order chi connectivity index (χ1) is 23.9. The molecule has 50 heavy (non-hydrogen) atoms. The minimum Gasteiger partial charge on any atom is -0.488 e. The summed E-state index contributed by atoms with van der Waals surface area (Å²) in [6.07, 6.45) is 0. The van der Waals surface area contributed by atoms with Crippen LogP contribution in [0.2, 0.25) is 0 Å². The molecule has 258 valence electrons. The molecule has 0 heterocycles. The van der Waals surface area contributed by atoms with Gasteiger partial charge in [-0.15, -0.1) is 0 Å². The summed E-state index contributed by atoms with van der Waals surface area (Å²) in [5, 5.41) is 0. The van der Waals surface area contributed by atoms with Gasteiger partial charge in [-0.25, -0.2) is 17.6 Å². The number of rotatable bonds is 13. The maximum atomic E-state index is 14.1. The third kappa shape index (κ3) is 8.82. The highest BCUT2D eigenvalue weighted by Gasteiger charge is 2.29. The van der Waals surface area contributed by atoms with E-state index in [4.69, 9.17) is 9.47 Å². The van der Waals surface area contributed by atoms with Gasteiger partial charge in [-0.05, 0) is 72.9 Å². The zero-order chi connectivity index (χ0) is 35.8. The minimum absolute atomic E-state index is 0.00842. The molecule has 0 unspecified atom stereocenters. The van der Waals surface area contributed by atoms with Crippen molar-refractivity contribution in [1.29, 1.82) is 0 Å². The fourth-order valence-corrected chi connectivity index (χ4v) is 7.21. The van der Waals surface area contributed by atoms with E-state index in [2.05, 4.69) is 0 Å². The second kappa shape index (κ2) is 15.9. The molecule has 0 aromatic heterocycles. The normalized spacial score (nSPS) is 11.3. The number of carbonyl (C=O) groups is 2. The number of aryl methyl sites for hydroxylation is 3. The Bertz CT molecular complexity index is 2050. The molecule has 5 aromatic rings. The lowest BCUT2D eigenvalue weighted by Gasteiger charge is -2.27. The van der Waals surface area contributed by atoms with Gasteiger partial charge in [0, 0.05) is 18.8 Å². The Hall–Kier alpha value is -5.32. The highest BCUT2D eigenvalue weighted by molar-refractivity contribution is 7.89. The van der Waals surface area contributed by atoms with Crippen LogP contribution in [0.1, 0.15) is 43.7 Å². The number of benzene rings is 5. The van der Waals surface area contributed by atoms with E-state index in [1.165, 1.54) is 30.1 Å². The maximum absolute atomic E-state index is 14.1. The van der Waals surface area contributed by atoms with Crippen molar-refractivity contribution in [2.75, 3.05) is 18.5 Å². The Morgan fingerprint density at radius 2 is 1.30 bits per heavy atom. The fourth-order valence-electron chi connectivity index (χ4n) is 5.69. The first-order valence-corrected chi connectivity index (χ1v) is 17.5. The van der Waals surface area contributed by atoms with E-state index >= 15 is 0 Å². The second-order valence-corrected chi connectivity index (χ2v) is 14.1.